The van der Waals surface area contributed by atoms with E-state index in [1.54, 1.807) is 0 Å². The van der Waals surface area contributed by atoms with Gasteiger partial charge in [0.2, 0.25) is 0 Å². The fraction of sp³-hybridized carbons (Fsp3) is 0. The first-order chi connectivity index (χ1) is 34.7. The smallest absolute Gasteiger partial charge is 0.153 e. The molecule has 15 aromatic rings. The van der Waals surface area contributed by atoms with Gasteiger partial charge in [-0.15, -0.1) is 0 Å². The number of benzene rings is 9. The number of nitrogens with zero attached hydrogens (tertiary/aromatic N) is 4. The Morgan fingerprint density at radius 2 is 0.614 bits per heavy atom. The lowest BCUT2D eigenvalue weighted by atomic mass is 9.92. The molecule has 0 aliphatic carbocycles. The van der Waals surface area contributed by atoms with Gasteiger partial charge < -0.3 is 18.0 Å². The second kappa shape index (κ2) is 15.0. The quantitative estimate of drug-likeness (QED) is 0.167. The number of furan rings is 2. The Morgan fingerprint density at radius 1 is 0.271 bits per heavy atom. The van der Waals surface area contributed by atoms with Crippen molar-refractivity contribution in [2.24, 2.45) is 0 Å². The van der Waals surface area contributed by atoms with Gasteiger partial charge in [0, 0.05) is 56.1 Å². The van der Waals surface area contributed by atoms with Crippen molar-refractivity contribution in [3.05, 3.63) is 231 Å². The molecular formula is C64H38N4O2. The Morgan fingerprint density at radius 3 is 1.03 bits per heavy atom. The SMILES string of the molecule is c1ccc(-n2c3ccc(-c4ccc5oc6cccnc6c5c4)cc3c3cc(-c4ccccc4-c4ccc5c(c4)c4cc(-c6ccc7oc8cccnc8c7c6)ccc4n5-c4ccccc4)ccc32)cc1. The molecule has 0 spiro atoms. The van der Waals surface area contributed by atoms with Crippen molar-refractivity contribution < 1.29 is 8.83 Å². The summed E-state index contributed by atoms with van der Waals surface area (Å²) in [5, 5.41) is 6.79. The van der Waals surface area contributed by atoms with Crippen molar-refractivity contribution in [3.63, 3.8) is 0 Å². The first-order valence-electron chi connectivity index (χ1n) is 23.6. The lowest BCUT2D eigenvalue weighted by Gasteiger charge is -2.12. The Kier molecular flexibility index (Phi) is 8.26. The normalized spacial score (nSPS) is 12.0. The molecule has 0 atom stereocenters. The maximum atomic E-state index is 6.15. The molecule has 0 unspecified atom stereocenters. The van der Waals surface area contributed by atoms with E-state index in [0.29, 0.717) is 0 Å². The van der Waals surface area contributed by atoms with Crippen LogP contribution in [-0.4, -0.2) is 19.1 Å². The van der Waals surface area contributed by atoms with E-state index in [2.05, 4.69) is 213 Å². The van der Waals surface area contributed by atoms with Crippen LogP contribution in [0.1, 0.15) is 0 Å². The second-order valence-corrected chi connectivity index (χ2v) is 18.1. The molecule has 0 N–H and O–H groups in total. The summed E-state index contributed by atoms with van der Waals surface area (Å²) in [6, 6.07) is 78.4. The van der Waals surface area contributed by atoms with Crippen molar-refractivity contribution in [3.8, 4) is 55.9 Å². The first-order valence-corrected chi connectivity index (χ1v) is 23.6. The van der Waals surface area contributed by atoms with Gasteiger partial charge >= 0.3 is 0 Å². The molecule has 9 aromatic carbocycles. The predicted octanol–water partition coefficient (Wildman–Crippen LogP) is 17.1. The summed E-state index contributed by atoms with van der Waals surface area (Å²) in [6.45, 7) is 0. The molecule has 15 rings (SSSR count). The largest absolute Gasteiger partial charge is 0.454 e. The van der Waals surface area contributed by atoms with E-state index in [-0.39, 0.29) is 0 Å². The zero-order valence-corrected chi connectivity index (χ0v) is 37.5. The molecule has 0 saturated heterocycles. The number of aromatic nitrogens is 4. The van der Waals surface area contributed by atoms with Crippen LogP contribution in [0.3, 0.4) is 0 Å². The maximum Gasteiger partial charge on any atom is 0.153 e. The molecule has 6 aromatic heterocycles. The highest BCUT2D eigenvalue weighted by molar-refractivity contribution is 6.14. The lowest BCUT2D eigenvalue weighted by molar-refractivity contribution is 0.668. The summed E-state index contributed by atoms with van der Waals surface area (Å²) in [7, 11) is 0. The number of rotatable bonds is 6. The monoisotopic (exact) mass is 894 g/mol. The molecule has 70 heavy (non-hydrogen) atoms. The Bertz CT molecular complexity index is 4300. The molecule has 0 saturated carbocycles. The highest BCUT2D eigenvalue weighted by Gasteiger charge is 2.20. The van der Waals surface area contributed by atoms with Crippen LogP contribution in [0.4, 0.5) is 0 Å². The average Bonchev–Trinajstić information content (AvgIpc) is 4.18. The predicted molar refractivity (Wildman–Crippen MR) is 287 cm³/mol. The van der Waals surface area contributed by atoms with Gasteiger partial charge in [0.25, 0.3) is 0 Å². The molecule has 0 fully saturated rings. The molecular weight excluding hydrogens is 857 g/mol. The van der Waals surface area contributed by atoms with E-state index < -0.39 is 0 Å². The average molecular weight is 895 g/mol. The lowest BCUT2D eigenvalue weighted by Crippen LogP contribution is -1.93. The number of fused-ring (bicyclic) bond motifs is 12. The molecule has 0 bridgehead atoms. The molecule has 6 nitrogen and oxygen atoms in total. The third-order valence-electron chi connectivity index (χ3n) is 14.2. The molecule has 6 heteroatoms. The summed E-state index contributed by atoms with van der Waals surface area (Å²) in [4.78, 5) is 9.34. The minimum Gasteiger partial charge on any atom is -0.454 e. The summed E-state index contributed by atoms with van der Waals surface area (Å²) in [6.07, 6.45) is 3.65. The van der Waals surface area contributed by atoms with Crippen molar-refractivity contribution in [1.29, 1.82) is 0 Å². The fourth-order valence-electron chi connectivity index (χ4n) is 11.0. The summed E-state index contributed by atoms with van der Waals surface area (Å²) in [5.41, 5.74) is 21.1. The second-order valence-electron chi connectivity index (χ2n) is 18.1. The van der Waals surface area contributed by atoms with Crippen LogP contribution in [-0.2, 0) is 0 Å². The van der Waals surface area contributed by atoms with Gasteiger partial charge in [-0.25, -0.2) is 0 Å². The topological polar surface area (TPSA) is 61.9 Å². The summed E-state index contributed by atoms with van der Waals surface area (Å²) in [5.74, 6) is 0. The number of pyridine rings is 2. The van der Waals surface area contributed by atoms with Crippen LogP contribution in [0.15, 0.2) is 240 Å². The van der Waals surface area contributed by atoms with E-state index in [4.69, 9.17) is 8.83 Å². The van der Waals surface area contributed by atoms with Crippen molar-refractivity contribution >= 4 is 87.7 Å². The van der Waals surface area contributed by atoms with Gasteiger partial charge in [-0.2, -0.15) is 0 Å². The number of hydrogen-bond donors (Lipinski definition) is 0. The Labute approximate surface area is 400 Å². The zero-order chi connectivity index (χ0) is 45.9. The van der Waals surface area contributed by atoms with Crippen LogP contribution >= 0.6 is 0 Å². The molecule has 6 heterocycles. The van der Waals surface area contributed by atoms with Crippen molar-refractivity contribution in [1.82, 2.24) is 19.1 Å². The van der Waals surface area contributed by atoms with E-state index in [1.807, 2.05) is 36.7 Å². The van der Waals surface area contributed by atoms with Crippen LogP contribution in [0, 0.1) is 0 Å². The van der Waals surface area contributed by atoms with Gasteiger partial charge in [-0.3, -0.25) is 9.97 Å². The van der Waals surface area contributed by atoms with Crippen molar-refractivity contribution in [2.75, 3.05) is 0 Å². The summed E-state index contributed by atoms with van der Waals surface area (Å²) >= 11 is 0. The summed E-state index contributed by atoms with van der Waals surface area (Å²) < 4.78 is 17.1. The Hall–Kier alpha value is -9.52. The van der Waals surface area contributed by atoms with Gasteiger partial charge in [-0.05, 0) is 166 Å². The third-order valence-corrected chi connectivity index (χ3v) is 14.2. The Balaban J connectivity index is 0.898. The minimum absolute atomic E-state index is 0.795. The van der Waals surface area contributed by atoms with Gasteiger partial charge in [0.05, 0.1) is 22.1 Å². The van der Waals surface area contributed by atoms with Gasteiger partial charge in [-0.1, -0.05) is 97.1 Å². The highest BCUT2D eigenvalue weighted by Crippen LogP contribution is 2.43. The number of para-hydroxylation sites is 2. The van der Waals surface area contributed by atoms with E-state index in [9.17, 15) is 0 Å². The third kappa shape index (κ3) is 5.87. The number of hydrogen-bond acceptors (Lipinski definition) is 4. The molecule has 0 aliphatic rings. The molecule has 0 amide bonds. The molecule has 0 aliphatic heterocycles. The highest BCUT2D eigenvalue weighted by atomic mass is 16.3. The van der Waals surface area contributed by atoms with Crippen LogP contribution in [0.25, 0.3) is 144 Å². The maximum absolute atomic E-state index is 6.15. The van der Waals surface area contributed by atoms with E-state index >= 15 is 0 Å². The van der Waals surface area contributed by atoms with Gasteiger partial charge in [0.1, 0.15) is 22.2 Å². The first kappa shape index (κ1) is 38.6. The van der Waals surface area contributed by atoms with Crippen LogP contribution in [0.5, 0.6) is 0 Å². The zero-order valence-electron chi connectivity index (χ0n) is 37.5. The van der Waals surface area contributed by atoms with E-state index in [0.717, 1.165) is 111 Å². The van der Waals surface area contributed by atoms with Crippen molar-refractivity contribution in [2.45, 2.75) is 0 Å². The standard InChI is InChI=1S/C64H38N4O2/c1-3-11-45(12-4-1)67-55-25-19-39(41-23-29-59-53(35-41)63-61(69-59)17-9-31-65-63)33-49(55)51-37-43(21-27-57(51)67)47-15-7-8-16-48(47)44-22-28-58-52(38-44)50-34-40(20-26-56(50)68(58)46-13-5-2-6-14-46)42-24-30-60-54(36-42)64-62(70-60)18-10-32-66-64/h1-38H. The van der Waals surface area contributed by atoms with Crippen LogP contribution < -0.4 is 0 Å². The fourth-order valence-corrected chi connectivity index (χ4v) is 11.0. The van der Waals surface area contributed by atoms with Crippen LogP contribution in [0.2, 0.25) is 0 Å². The van der Waals surface area contributed by atoms with Gasteiger partial charge in [0.15, 0.2) is 11.2 Å². The molecule has 326 valence electrons. The minimum atomic E-state index is 0.795. The molecule has 0 radical (unpaired) electrons. The van der Waals surface area contributed by atoms with E-state index in [1.165, 1.54) is 32.7 Å².